The smallest absolute Gasteiger partial charge is 0.352 e. The van der Waals surface area contributed by atoms with E-state index in [1.165, 1.54) is 30.6 Å². The fraction of sp³-hybridized carbons (Fsp3) is 0.312. The van der Waals surface area contributed by atoms with Gasteiger partial charge in [0.1, 0.15) is 0 Å². The number of hydrogen-bond acceptors (Lipinski definition) is 4. The summed E-state index contributed by atoms with van der Waals surface area (Å²) in [5.41, 5.74) is -0.708. The van der Waals surface area contributed by atoms with Crippen LogP contribution < -0.4 is 10.6 Å². The van der Waals surface area contributed by atoms with Crippen molar-refractivity contribution >= 4 is 17.5 Å². The summed E-state index contributed by atoms with van der Waals surface area (Å²) in [4.78, 5) is 19.6. The zero-order valence-electron chi connectivity index (χ0n) is 13.0. The summed E-state index contributed by atoms with van der Waals surface area (Å²) in [5.74, 6) is -0.331. The third-order valence-corrected chi connectivity index (χ3v) is 3.21. The van der Waals surface area contributed by atoms with Crippen LogP contribution in [0.4, 0.5) is 24.8 Å². The third kappa shape index (κ3) is 4.68. The number of anilines is 2. The first-order valence-corrected chi connectivity index (χ1v) is 7.45. The number of nitrogens with one attached hydrogen (secondary N) is 2. The first-order chi connectivity index (χ1) is 11.4. The Kier molecular flexibility index (Phi) is 5.73. The third-order valence-electron chi connectivity index (χ3n) is 3.21. The van der Waals surface area contributed by atoms with E-state index in [1.807, 2.05) is 6.92 Å². The lowest BCUT2D eigenvalue weighted by molar-refractivity contribution is -0.136. The van der Waals surface area contributed by atoms with Crippen LogP contribution in [0.15, 0.2) is 36.7 Å². The number of halogens is 3. The Labute approximate surface area is 137 Å². The van der Waals surface area contributed by atoms with Crippen molar-refractivity contribution in [3.63, 3.8) is 0 Å². The average molecular weight is 338 g/mol. The summed E-state index contributed by atoms with van der Waals surface area (Å²) < 4.78 is 38.8. The van der Waals surface area contributed by atoms with Crippen molar-refractivity contribution in [2.45, 2.75) is 25.9 Å². The van der Waals surface area contributed by atoms with Crippen LogP contribution in [0.25, 0.3) is 0 Å². The summed E-state index contributed by atoms with van der Waals surface area (Å²) in [6, 6.07) is 5.04. The maximum atomic E-state index is 12.9. The number of nitrogens with zero attached hydrogens (tertiary/aromatic N) is 2. The molecule has 5 nitrogen and oxygen atoms in total. The second-order valence-corrected chi connectivity index (χ2v) is 5.07. The maximum Gasteiger partial charge on any atom is 0.418 e. The van der Waals surface area contributed by atoms with Crippen LogP contribution in [-0.4, -0.2) is 22.4 Å². The molecule has 1 aromatic carbocycles. The van der Waals surface area contributed by atoms with Gasteiger partial charge in [0, 0.05) is 18.9 Å². The van der Waals surface area contributed by atoms with Gasteiger partial charge in [-0.2, -0.15) is 13.2 Å². The van der Waals surface area contributed by atoms with Gasteiger partial charge < -0.3 is 10.6 Å². The zero-order valence-corrected chi connectivity index (χ0v) is 13.0. The molecule has 24 heavy (non-hydrogen) atoms. The Balaban J connectivity index is 2.09. The molecule has 2 N–H and O–H groups in total. The molecule has 0 radical (unpaired) electrons. The highest BCUT2D eigenvalue weighted by atomic mass is 19.4. The summed E-state index contributed by atoms with van der Waals surface area (Å²) in [7, 11) is 0. The molecule has 8 heteroatoms. The van der Waals surface area contributed by atoms with Crippen LogP contribution in [0.1, 0.15) is 35.7 Å². The predicted octanol–water partition coefficient (Wildman–Crippen LogP) is 3.77. The molecular weight excluding hydrogens is 321 g/mol. The summed E-state index contributed by atoms with van der Waals surface area (Å²) >= 11 is 0. The van der Waals surface area contributed by atoms with E-state index >= 15 is 0 Å². The molecule has 1 amide bonds. The number of hydrogen-bond donors (Lipinski definition) is 2. The molecule has 1 aromatic heterocycles. The van der Waals surface area contributed by atoms with Crippen molar-refractivity contribution in [3.8, 4) is 0 Å². The minimum absolute atomic E-state index is 0.0168. The molecule has 0 saturated carbocycles. The molecule has 1 heterocycles. The highest BCUT2D eigenvalue weighted by Gasteiger charge is 2.33. The largest absolute Gasteiger partial charge is 0.418 e. The molecule has 0 fully saturated rings. The second-order valence-electron chi connectivity index (χ2n) is 5.07. The van der Waals surface area contributed by atoms with Gasteiger partial charge in [0.15, 0.2) is 0 Å². The Morgan fingerprint density at radius 1 is 1.17 bits per heavy atom. The van der Waals surface area contributed by atoms with E-state index < -0.39 is 11.7 Å². The van der Waals surface area contributed by atoms with Crippen molar-refractivity contribution in [3.05, 3.63) is 47.8 Å². The van der Waals surface area contributed by atoms with Gasteiger partial charge in [-0.05, 0) is 18.6 Å². The molecular formula is C16H17F3N4O. The maximum absolute atomic E-state index is 12.9. The molecule has 0 saturated heterocycles. The second kappa shape index (κ2) is 7.76. The number of rotatable bonds is 6. The average Bonchev–Trinajstić information content (AvgIpc) is 2.55. The number of amides is 1. The Bertz CT molecular complexity index is 686. The van der Waals surface area contributed by atoms with Crippen molar-refractivity contribution < 1.29 is 18.0 Å². The van der Waals surface area contributed by atoms with Crippen LogP contribution in [0.2, 0.25) is 0 Å². The molecule has 2 aromatic rings. The van der Waals surface area contributed by atoms with Crippen molar-refractivity contribution in [2.75, 3.05) is 11.9 Å². The van der Waals surface area contributed by atoms with Gasteiger partial charge in [0.2, 0.25) is 5.95 Å². The molecule has 0 aliphatic carbocycles. The van der Waals surface area contributed by atoms with Gasteiger partial charge in [-0.25, -0.2) is 9.97 Å². The highest BCUT2D eigenvalue weighted by Crippen LogP contribution is 2.35. The molecule has 0 spiro atoms. The van der Waals surface area contributed by atoms with Gasteiger partial charge >= 0.3 is 6.18 Å². The number of carbonyl (C=O) groups is 1. The quantitative estimate of drug-likeness (QED) is 0.787. The molecule has 0 unspecified atom stereocenters. The van der Waals surface area contributed by atoms with E-state index in [0.717, 1.165) is 18.9 Å². The van der Waals surface area contributed by atoms with Gasteiger partial charge in [-0.1, -0.05) is 25.5 Å². The van der Waals surface area contributed by atoms with E-state index in [2.05, 4.69) is 20.6 Å². The van der Waals surface area contributed by atoms with Crippen LogP contribution in [0.5, 0.6) is 0 Å². The zero-order chi connectivity index (χ0) is 17.6. The molecule has 128 valence electrons. The first kappa shape index (κ1) is 17.7. The fourth-order valence-electron chi connectivity index (χ4n) is 1.95. The van der Waals surface area contributed by atoms with E-state index in [-0.39, 0.29) is 23.1 Å². The summed E-state index contributed by atoms with van der Waals surface area (Å²) in [5, 5.41) is 5.23. The van der Waals surface area contributed by atoms with E-state index in [0.29, 0.717) is 6.54 Å². The van der Waals surface area contributed by atoms with E-state index in [4.69, 9.17) is 0 Å². The number of alkyl halides is 3. The number of unbranched alkanes of at least 4 members (excludes halogenated alkanes) is 1. The number of carbonyl (C=O) groups excluding carboxylic acids is 1. The lowest BCUT2D eigenvalue weighted by Crippen LogP contribution is -2.24. The monoisotopic (exact) mass is 338 g/mol. The Morgan fingerprint density at radius 2 is 1.83 bits per heavy atom. The van der Waals surface area contributed by atoms with Gasteiger partial charge in [-0.3, -0.25) is 4.79 Å². The first-order valence-electron chi connectivity index (χ1n) is 7.45. The molecule has 0 aliphatic heterocycles. The number of benzene rings is 1. The highest BCUT2D eigenvalue weighted by molar-refractivity contribution is 5.93. The molecule has 0 atom stereocenters. The number of para-hydroxylation sites is 1. The predicted molar refractivity (Wildman–Crippen MR) is 84.0 cm³/mol. The molecule has 2 rings (SSSR count). The van der Waals surface area contributed by atoms with Crippen LogP contribution in [0.3, 0.4) is 0 Å². The normalized spacial score (nSPS) is 11.2. The Morgan fingerprint density at radius 3 is 2.46 bits per heavy atom. The van der Waals surface area contributed by atoms with Crippen LogP contribution in [-0.2, 0) is 6.18 Å². The van der Waals surface area contributed by atoms with E-state index in [1.54, 1.807) is 0 Å². The SMILES string of the molecule is CCCCNC(=O)c1cnc(Nc2ccccc2C(F)(F)F)nc1. The van der Waals surface area contributed by atoms with E-state index in [9.17, 15) is 18.0 Å². The summed E-state index contributed by atoms with van der Waals surface area (Å²) in [6.45, 7) is 2.56. The fourth-order valence-corrected chi connectivity index (χ4v) is 1.95. The molecule has 0 aliphatic rings. The van der Waals surface area contributed by atoms with Crippen molar-refractivity contribution in [1.29, 1.82) is 0 Å². The minimum atomic E-state index is -4.48. The lowest BCUT2D eigenvalue weighted by atomic mass is 10.1. The summed E-state index contributed by atoms with van der Waals surface area (Å²) in [6.07, 6.45) is -0.124. The van der Waals surface area contributed by atoms with Gasteiger partial charge in [-0.15, -0.1) is 0 Å². The van der Waals surface area contributed by atoms with Crippen molar-refractivity contribution in [1.82, 2.24) is 15.3 Å². The van der Waals surface area contributed by atoms with Gasteiger partial charge in [0.05, 0.1) is 16.8 Å². The van der Waals surface area contributed by atoms with Gasteiger partial charge in [0.25, 0.3) is 5.91 Å². The molecule has 0 bridgehead atoms. The number of aromatic nitrogens is 2. The van der Waals surface area contributed by atoms with Crippen molar-refractivity contribution in [2.24, 2.45) is 0 Å². The topological polar surface area (TPSA) is 66.9 Å². The van der Waals surface area contributed by atoms with Crippen LogP contribution in [0, 0.1) is 0 Å². The Hall–Kier alpha value is -2.64. The standard InChI is InChI=1S/C16H17F3N4O/c1-2-3-8-20-14(24)11-9-21-15(22-10-11)23-13-7-5-4-6-12(13)16(17,18)19/h4-7,9-10H,2-3,8H2,1H3,(H,20,24)(H,21,22,23). The van der Waals surface area contributed by atoms with Crippen LogP contribution >= 0.6 is 0 Å². The minimum Gasteiger partial charge on any atom is -0.352 e. The lowest BCUT2D eigenvalue weighted by Gasteiger charge is -2.13.